The third-order valence-electron chi connectivity index (χ3n) is 6.14. The number of oxazole rings is 1. The average molecular weight is 466 g/mol. The molecule has 0 bridgehead atoms. The van der Waals surface area contributed by atoms with Crippen LogP contribution < -0.4 is 4.90 Å². The number of esters is 1. The summed E-state index contributed by atoms with van der Waals surface area (Å²) in [7, 11) is 0. The Morgan fingerprint density at radius 2 is 2.03 bits per heavy atom. The van der Waals surface area contributed by atoms with Gasteiger partial charge in [-0.1, -0.05) is 0 Å². The molecule has 1 N–H and O–H groups in total. The van der Waals surface area contributed by atoms with E-state index in [1.165, 1.54) is 6.26 Å². The summed E-state index contributed by atoms with van der Waals surface area (Å²) in [4.78, 5) is 36.9. The normalized spacial score (nSPS) is 15.2. The molecule has 0 saturated carbocycles. The Hall–Kier alpha value is -3.84. The smallest absolute Gasteiger partial charge is 0.340 e. The highest BCUT2D eigenvalue weighted by molar-refractivity contribution is 6.03. The van der Waals surface area contributed by atoms with E-state index >= 15 is 0 Å². The van der Waals surface area contributed by atoms with Crippen molar-refractivity contribution < 1.29 is 23.2 Å². The highest BCUT2D eigenvalue weighted by atomic mass is 16.5. The Kier molecular flexibility index (Phi) is 6.56. The molecule has 10 nitrogen and oxygen atoms in total. The third kappa shape index (κ3) is 4.22. The quantitative estimate of drug-likeness (QED) is 0.413. The van der Waals surface area contributed by atoms with Crippen molar-refractivity contribution in [2.45, 2.75) is 33.7 Å². The van der Waals surface area contributed by atoms with Crippen molar-refractivity contribution in [2.24, 2.45) is 0 Å². The molecule has 34 heavy (non-hydrogen) atoms. The van der Waals surface area contributed by atoms with Crippen molar-refractivity contribution >= 4 is 17.6 Å². The second kappa shape index (κ2) is 9.57. The summed E-state index contributed by atoms with van der Waals surface area (Å²) in [6.45, 7) is 9.73. The van der Waals surface area contributed by atoms with E-state index in [0.717, 1.165) is 0 Å². The van der Waals surface area contributed by atoms with E-state index in [-0.39, 0.29) is 24.0 Å². The van der Waals surface area contributed by atoms with Crippen LogP contribution in [0.1, 0.15) is 51.6 Å². The number of rotatable bonds is 7. The van der Waals surface area contributed by atoms with Crippen LogP contribution in [0.25, 0.3) is 11.7 Å². The van der Waals surface area contributed by atoms with Gasteiger partial charge >= 0.3 is 5.97 Å². The first-order valence-corrected chi connectivity index (χ1v) is 11.2. The van der Waals surface area contributed by atoms with Gasteiger partial charge in [0.1, 0.15) is 6.07 Å². The van der Waals surface area contributed by atoms with Crippen molar-refractivity contribution in [3.05, 3.63) is 46.6 Å². The highest BCUT2D eigenvalue weighted by Gasteiger charge is 2.32. The summed E-state index contributed by atoms with van der Waals surface area (Å²) in [6, 6.07) is 5.14. The lowest BCUT2D eigenvalue weighted by molar-refractivity contribution is 0.0525. The van der Waals surface area contributed by atoms with Gasteiger partial charge in [0.05, 0.1) is 30.2 Å². The van der Waals surface area contributed by atoms with E-state index in [0.29, 0.717) is 60.3 Å². The fourth-order valence-corrected chi connectivity index (χ4v) is 4.30. The summed E-state index contributed by atoms with van der Waals surface area (Å²) in [5.74, 6) is 0.616. The van der Waals surface area contributed by atoms with Crippen molar-refractivity contribution in [3.63, 3.8) is 0 Å². The Balaban J connectivity index is 1.45. The zero-order chi connectivity index (χ0) is 24.4. The van der Waals surface area contributed by atoms with Crippen LogP contribution in [0, 0.1) is 25.2 Å². The van der Waals surface area contributed by atoms with Gasteiger partial charge in [-0.3, -0.25) is 9.69 Å². The summed E-state index contributed by atoms with van der Waals surface area (Å²) in [5, 5.41) is 9.50. The standard InChI is InChI=1S/C24H27N5O5/c1-5-32-24(31)19-14(2)20(26-15(19)3)21(30)16(4)28-8-10-29(11-9-28)23-17(13-25)27-22(34-23)18-7-6-12-33-18/h6-7,12,16,26H,5,8-11H2,1-4H3. The topological polar surface area (TPSA) is 129 Å². The minimum absolute atomic E-state index is 0.0814. The molecule has 0 radical (unpaired) electrons. The number of ketones is 1. The van der Waals surface area contributed by atoms with Crippen molar-refractivity contribution in [1.29, 1.82) is 5.26 Å². The Morgan fingerprint density at radius 1 is 1.29 bits per heavy atom. The number of carbonyl (C=O) groups excluding carboxylic acids is 2. The summed E-state index contributed by atoms with van der Waals surface area (Å²) in [5.41, 5.74) is 2.28. The number of anilines is 1. The number of piperazine rings is 1. The minimum atomic E-state index is -0.427. The van der Waals surface area contributed by atoms with Crippen LogP contribution in [0.4, 0.5) is 5.88 Å². The van der Waals surface area contributed by atoms with Gasteiger partial charge < -0.3 is 23.5 Å². The molecule has 10 heteroatoms. The molecule has 0 amide bonds. The van der Waals surface area contributed by atoms with Gasteiger partial charge in [0.2, 0.25) is 11.6 Å². The maximum absolute atomic E-state index is 13.3. The van der Waals surface area contributed by atoms with Gasteiger partial charge in [-0.15, -0.1) is 0 Å². The molecular weight excluding hydrogens is 438 g/mol. The monoisotopic (exact) mass is 465 g/mol. The number of furan rings is 1. The van der Waals surface area contributed by atoms with E-state index in [9.17, 15) is 14.9 Å². The highest BCUT2D eigenvalue weighted by Crippen LogP contribution is 2.29. The molecule has 178 valence electrons. The molecular formula is C24H27N5O5. The van der Waals surface area contributed by atoms with E-state index in [1.807, 2.05) is 11.8 Å². The second-order valence-corrected chi connectivity index (χ2v) is 8.17. The number of aromatic nitrogens is 2. The van der Waals surface area contributed by atoms with Crippen LogP contribution >= 0.6 is 0 Å². The minimum Gasteiger partial charge on any atom is -0.462 e. The average Bonchev–Trinajstić information content (AvgIpc) is 3.57. The lowest BCUT2D eigenvalue weighted by Gasteiger charge is -2.37. The van der Waals surface area contributed by atoms with Gasteiger partial charge in [-0.05, 0) is 45.4 Å². The lowest BCUT2D eigenvalue weighted by Crippen LogP contribution is -2.52. The lowest BCUT2D eigenvalue weighted by atomic mass is 10.0. The number of H-pyrrole nitrogens is 1. The first kappa shape index (κ1) is 23.3. The van der Waals surface area contributed by atoms with E-state index in [1.54, 1.807) is 32.9 Å². The van der Waals surface area contributed by atoms with Crippen LogP contribution in [0.15, 0.2) is 27.2 Å². The maximum Gasteiger partial charge on any atom is 0.340 e. The van der Waals surface area contributed by atoms with Crippen molar-refractivity contribution in [2.75, 3.05) is 37.7 Å². The van der Waals surface area contributed by atoms with Gasteiger partial charge in [0, 0.05) is 31.9 Å². The van der Waals surface area contributed by atoms with Crippen LogP contribution in [0.5, 0.6) is 0 Å². The predicted octanol–water partition coefficient (Wildman–Crippen LogP) is 3.32. The van der Waals surface area contributed by atoms with E-state index < -0.39 is 12.0 Å². The van der Waals surface area contributed by atoms with Gasteiger partial charge in [0.25, 0.3) is 5.89 Å². The van der Waals surface area contributed by atoms with Gasteiger partial charge in [-0.2, -0.15) is 10.2 Å². The molecule has 1 unspecified atom stereocenters. The fourth-order valence-electron chi connectivity index (χ4n) is 4.30. The molecule has 1 aliphatic rings. The molecule has 4 rings (SSSR count). The number of aromatic amines is 1. The van der Waals surface area contributed by atoms with Gasteiger partial charge in [0.15, 0.2) is 11.5 Å². The van der Waals surface area contributed by atoms with Crippen molar-refractivity contribution in [1.82, 2.24) is 14.9 Å². The Labute approximate surface area is 197 Å². The second-order valence-electron chi connectivity index (χ2n) is 8.17. The molecule has 1 aliphatic heterocycles. The van der Waals surface area contributed by atoms with Gasteiger partial charge in [-0.25, -0.2) is 4.79 Å². The molecule has 1 saturated heterocycles. The molecule has 0 spiro atoms. The maximum atomic E-state index is 13.3. The number of ether oxygens (including phenoxy) is 1. The zero-order valence-electron chi connectivity index (χ0n) is 19.7. The van der Waals surface area contributed by atoms with E-state index in [2.05, 4.69) is 20.9 Å². The fraction of sp³-hybridized carbons (Fsp3) is 0.417. The number of aryl methyl sites for hydroxylation is 1. The first-order valence-electron chi connectivity index (χ1n) is 11.2. The molecule has 1 fully saturated rings. The number of Topliss-reactive ketones (excluding diaryl/α,β-unsaturated/α-hetero) is 1. The van der Waals surface area contributed by atoms with Crippen LogP contribution in [-0.2, 0) is 4.74 Å². The van der Waals surface area contributed by atoms with Crippen LogP contribution in [-0.4, -0.2) is 65.4 Å². The molecule has 0 aliphatic carbocycles. The van der Waals surface area contributed by atoms with Crippen LogP contribution in [0.3, 0.4) is 0 Å². The third-order valence-corrected chi connectivity index (χ3v) is 6.14. The number of nitrogens with zero attached hydrogens (tertiary/aromatic N) is 4. The number of hydrogen-bond donors (Lipinski definition) is 1. The number of hydrogen-bond acceptors (Lipinski definition) is 9. The first-order chi connectivity index (χ1) is 16.3. The summed E-state index contributed by atoms with van der Waals surface area (Å²) >= 11 is 0. The number of nitriles is 1. The molecule has 3 aromatic rings. The van der Waals surface area contributed by atoms with E-state index in [4.69, 9.17) is 13.6 Å². The Bertz CT molecular complexity index is 1230. The predicted molar refractivity (Wildman–Crippen MR) is 123 cm³/mol. The molecule has 1 atom stereocenters. The largest absolute Gasteiger partial charge is 0.462 e. The van der Waals surface area contributed by atoms with Crippen molar-refractivity contribution in [3.8, 4) is 17.7 Å². The SMILES string of the molecule is CCOC(=O)c1c(C)[nH]c(C(=O)C(C)N2CCN(c3oc(-c4ccco4)nc3C#N)CC2)c1C. The summed E-state index contributed by atoms with van der Waals surface area (Å²) in [6.07, 6.45) is 1.52. The summed E-state index contributed by atoms with van der Waals surface area (Å²) < 4.78 is 16.3. The zero-order valence-corrected chi connectivity index (χ0v) is 19.7. The number of nitrogens with one attached hydrogen (secondary N) is 1. The number of carbonyl (C=O) groups is 2. The molecule has 4 heterocycles. The molecule has 0 aromatic carbocycles. The van der Waals surface area contributed by atoms with Crippen LogP contribution in [0.2, 0.25) is 0 Å². The Morgan fingerprint density at radius 3 is 2.65 bits per heavy atom. The molecule has 3 aromatic heterocycles.